The van der Waals surface area contributed by atoms with Crippen LogP contribution in [-0.4, -0.2) is 11.8 Å². The first kappa shape index (κ1) is 23.3. The lowest BCUT2D eigenvalue weighted by Crippen LogP contribution is -2.10. The zero-order chi connectivity index (χ0) is 23.9. The topological polar surface area (TPSA) is 58.2 Å². The predicted octanol–water partition coefficient (Wildman–Crippen LogP) is 7.45. The third-order valence-corrected chi connectivity index (χ3v) is 5.77. The molecule has 0 fully saturated rings. The molecule has 2 N–H and O–H groups in total. The highest BCUT2D eigenvalue weighted by Crippen LogP contribution is 2.29. The van der Waals surface area contributed by atoms with Crippen molar-refractivity contribution < 1.29 is 9.59 Å². The first-order chi connectivity index (χ1) is 16.5. The molecule has 0 aliphatic rings. The second kappa shape index (κ2) is 10.8. The smallest absolute Gasteiger partial charge is 0.248 e. The summed E-state index contributed by atoms with van der Waals surface area (Å²) in [5.74, 6) is -0.575. The van der Waals surface area contributed by atoms with E-state index in [1.165, 1.54) is 12.2 Å². The molecular weight excluding hydrogens is 467 g/mol. The quantitative estimate of drug-likeness (QED) is 0.278. The fourth-order valence-electron chi connectivity index (χ4n) is 3.43. The van der Waals surface area contributed by atoms with Crippen LogP contribution in [0.3, 0.4) is 0 Å². The maximum Gasteiger partial charge on any atom is 0.248 e. The number of hydrogen-bond acceptors (Lipinski definition) is 2. The molecule has 4 aromatic carbocycles. The number of rotatable bonds is 6. The summed E-state index contributed by atoms with van der Waals surface area (Å²) in [5, 5.41) is 8.54. The molecule has 6 heteroatoms. The van der Waals surface area contributed by atoms with E-state index in [0.29, 0.717) is 21.4 Å². The fourth-order valence-corrected chi connectivity index (χ4v) is 3.83. The third-order valence-electron chi connectivity index (χ3n) is 5.08. The van der Waals surface area contributed by atoms with Crippen molar-refractivity contribution in [2.75, 3.05) is 10.6 Å². The normalized spacial score (nSPS) is 11.2. The van der Waals surface area contributed by atoms with Gasteiger partial charge in [-0.1, -0.05) is 83.9 Å². The van der Waals surface area contributed by atoms with Gasteiger partial charge in [-0.25, -0.2) is 0 Å². The maximum atomic E-state index is 12.5. The maximum absolute atomic E-state index is 12.5. The van der Waals surface area contributed by atoms with Gasteiger partial charge < -0.3 is 10.6 Å². The van der Waals surface area contributed by atoms with Crippen molar-refractivity contribution in [3.8, 4) is 0 Å². The lowest BCUT2D eigenvalue weighted by molar-refractivity contribution is -0.112. The van der Waals surface area contributed by atoms with Crippen LogP contribution < -0.4 is 10.6 Å². The van der Waals surface area contributed by atoms with Crippen LogP contribution in [0.15, 0.2) is 97.1 Å². The Hall–Kier alpha value is -3.86. The number of benzene rings is 4. The van der Waals surface area contributed by atoms with Crippen LogP contribution in [0, 0.1) is 0 Å². The SMILES string of the molecule is O=C(C=Cc1ccccc1Cl)Nc1cccc2c(NC(=O)C=Cc3ccccc3Cl)cccc12. The van der Waals surface area contributed by atoms with Crippen molar-refractivity contribution in [3.05, 3.63) is 118 Å². The summed E-state index contributed by atoms with van der Waals surface area (Å²) in [6, 6.07) is 25.6. The van der Waals surface area contributed by atoms with Gasteiger partial charge in [-0.15, -0.1) is 0 Å². The van der Waals surface area contributed by atoms with Gasteiger partial charge in [0.25, 0.3) is 0 Å². The van der Waals surface area contributed by atoms with E-state index >= 15 is 0 Å². The summed E-state index contributed by atoms with van der Waals surface area (Å²) in [5.41, 5.74) is 2.78. The van der Waals surface area contributed by atoms with Gasteiger partial charge in [-0.05, 0) is 47.5 Å². The second-order valence-electron chi connectivity index (χ2n) is 7.39. The van der Waals surface area contributed by atoms with E-state index in [0.717, 1.165) is 21.9 Å². The molecule has 0 bridgehead atoms. The fraction of sp³-hybridized carbons (Fsp3) is 0. The van der Waals surface area contributed by atoms with Crippen molar-refractivity contribution in [1.29, 1.82) is 0 Å². The number of carbonyl (C=O) groups is 2. The van der Waals surface area contributed by atoms with Gasteiger partial charge in [0, 0.05) is 44.3 Å². The average molecular weight is 487 g/mol. The zero-order valence-corrected chi connectivity index (χ0v) is 19.5. The van der Waals surface area contributed by atoms with Crippen LogP contribution in [0.25, 0.3) is 22.9 Å². The van der Waals surface area contributed by atoms with E-state index in [-0.39, 0.29) is 11.8 Å². The molecule has 0 saturated carbocycles. The van der Waals surface area contributed by atoms with Crippen molar-refractivity contribution in [2.24, 2.45) is 0 Å². The molecule has 4 aromatic rings. The zero-order valence-electron chi connectivity index (χ0n) is 18.0. The van der Waals surface area contributed by atoms with E-state index in [4.69, 9.17) is 23.2 Å². The molecule has 0 aliphatic carbocycles. The molecule has 0 saturated heterocycles. The van der Waals surface area contributed by atoms with Crippen molar-refractivity contribution in [3.63, 3.8) is 0 Å². The molecule has 4 nitrogen and oxygen atoms in total. The summed E-state index contributed by atoms with van der Waals surface area (Å²) in [4.78, 5) is 25.0. The van der Waals surface area contributed by atoms with Crippen LogP contribution in [0.1, 0.15) is 11.1 Å². The highest BCUT2D eigenvalue weighted by atomic mass is 35.5. The van der Waals surface area contributed by atoms with Gasteiger partial charge in [0.1, 0.15) is 0 Å². The summed E-state index contributed by atoms with van der Waals surface area (Å²) in [7, 11) is 0. The highest BCUT2D eigenvalue weighted by Gasteiger charge is 2.08. The van der Waals surface area contributed by atoms with Gasteiger partial charge in [0.15, 0.2) is 0 Å². The third kappa shape index (κ3) is 5.73. The minimum atomic E-state index is -0.287. The number of carbonyl (C=O) groups excluding carboxylic acids is 2. The lowest BCUT2D eigenvalue weighted by atomic mass is 10.1. The minimum Gasteiger partial charge on any atom is -0.322 e. The first-order valence-corrected chi connectivity index (χ1v) is 11.3. The van der Waals surface area contributed by atoms with E-state index in [1.54, 1.807) is 24.3 Å². The molecular formula is C28H20Cl2N2O2. The molecule has 34 heavy (non-hydrogen) atoms. The predicted molar refractivity (Wildman–Crippen MR) is 142 cm³/mol. The van der Waals surface area contributed by atoms with E-state index < -0.39 is 0 Å². The summed E-state index contributed by atoms with van der Waals surface area (Å²) >= 11 is 12.3. The standard InChI is InChI=1S/C28H20Cl2N2O2/c29-23-11-3-1-7-19(23)15-17-27(33)31-25-13-5-10-22-21(25)9-6-14-26(22)32-28(34)18-16-20-8-2-4-12-24(20)30/h1-18H,(H,31,33)(H,32,34). The molecule has 0 aliphatic heterocycles. The number of anilines is 2. The Bertz CT molecular complexity index is 1320. The Labute approximate surface area is 207 Å². The van der Waals surface area contributed by atoms with Crippen LogP contribution in [-0.2, 0) is 9.59 Å². The van der Waals surface area contributed by atoms with E-state index in [9.17, 15) is 9.59 Å². The molecule has 4 rings (SSSR count). The Kier molecular flexibility index (Phi) is 7.43. The number of amides is 2. The largest absolute Gasteiger partial charge is 0.322 e. The van der Waals surface area contributed by atoms with Crippen molar-refractivity contribution in [2.45, 2.75) is 0 Å². The number of nitrogens with one attached hydrogen (secondary N) is 2. The molecule has 0 spiro atoms. The van der Waals surface area contributed by atoms with Crippen molar-refractivity contribution >= 4 is 69.3 Å². The number of hydrogen-bond donors (Lipinski definition) is 2. The molecule has 0 radical (unpaired) electrons. The minimum absolute atomic E-state index is 0.287. The summed E-state index contributed by atoms with van der Waals surface area (Å²) in [6.45, 7) is 0. The van der Waals surface area contributed by atoms with E-state index in [1.807, 2.05) is 72.8 Å². The van der Waals surface area contributed by atoms with E-state index in [2.05, 4.69) is 10.6 Å². The van der Waals surface area contributed by atoms with Crippen LogP contribution in [0.5, 0.6) is 0 Å². The molecule has 0 unspecified atom stereocenters. The van der Waals surface area contributed by atoms with Gasteiger partial charge in [0.05, 0.1) is 0 Å². The van der Waals surface area contributed by atoms with Crippen molar-refractivity contribution in [1.82, 2.24) is 0 Å². The molecule has 0 atom stereocenters. The Balaban J connectivity index is 1.52. The summed E-state index contributed by atoms with van der Waals surface area (Å²) < 4.78 is 0. The van der Waals surface area contributed by atoms with Crippen LogP contribution in [0.2, 0.25) is 10.0 Å². The monoisotopic (exact) mass is 486 g/mol. The first-order valence-electron chi connectivity index (χ1n) is 10.5. The van der Waals surface area contributed by atoms with Gasteiger partial charge in [-0.3, -0.25) is 9.59 Å². The molecule has 168 valence electrons. The molecule has 0 aromatic heterocycles. The number of fused-ring (bicyclic) bond motifs is 1. The number of halogens is 2. The highest BCUT2D eigenvalue weighted by molar-refractivity contribution is 6.32. The van der Waals surface area contributed by atoms with Crippen LogP contribution >= 0.6 is 23.2 Å². The second-order valence-corrected chi connectivity index (χ2v) is 8.21. The Morgan fingerprint density at radius 3 is 1.38 bits per heavy atom. The summed E-state index contributed by atoms with van der Waals surface area (Å²) in [6.07, 6.45) is 6.20. The Morgan fingerprint density at radius 1 is 0.559 bits per heavy atom. The van der Waals surface area contributed by atoms with Crippen LogP contribution in [0.4, 0.5) is 11.4 Å². The van der Waals surface area contributed by atoms with Gasteiger partial charge >= 0.3 is 0 Å². The Morgan fingerprint density at radius 2 is 0.971 bits per heavy atom. The average Bonchev–Trinajstić information content (AvgIpc) is 2.84. The molecule has 0 heterocycles. The molecule has 2 amide bonds. The lowest BCUT2D eigenvalue weighted by Gasteiger charge is -2.11. The van der Waals surface area contributed by atoms with Gasteiger partial charge in [-0.2, -0.15) is 0 Å². The van der Waals surface area contributed by atoms with Gasteiger partial charge in [0.2, 0.25) is 11.8 Å².